The SMILES string of the molecule is CC(C)(C)OC(=O)C(Cl)c1ccc([N+](=O)[O-])c(Br)c1. The Balaban J connectivity index is 2.95. The average molecular weight is 351 g/mol. The van der Waals surface area contributed by atoms with E-state index in [0.29, 0.717) is 5.56 Å². The largest absolute Gasteiger partial charge is 0.459 e. The Hall–Kier alpha value is -1.14. The molecule has 19 heavy (non-hydrogen) atoms. The Morgan fingerprint density at radius 3 is 2.47 bits per heavy atom. The molecule has 0 heterocycles. The molecule has 0 amide bonds. The Morgan fingerprint density at radius 1 is 1.47 bits per heavy atom. The van der Waals surface area contributed by atoms with Gasteiger partial charge in [-0.05, 0) is 48.3 Å². The van der Waals surface area contributed by atoms with Gasteiger partial charge in [0, 0.05) is 6.07 Å². The van der Waals surface area contributed by atoms with Crippen LogP contribution >= 0.6 is 27.5 Å². The summed E-state index contributed by atoms with van der Waals surface area (Å²) in [5.74, 6) is -0.588. The standard InChI is InChI=1S/C12H13BrClNO4/c1-12(2,3)19-11(16)10(14)7-4-5-9(15(17)18)8(13)6-7/h4-6,10H,1-3H3. The Morgan fingerprint density at radius 2 is 2.05 bits per heavy atom. The van der Waals surface area contributed by atoms with E-state index in [1.165, 1.54) is 18.2 Å². The number of hydrogen-bond acceptors (Lipinski definition) is 4. The van der Waals surface area contributed by atoms with E-state index in [-0.39, 0.29) is 10.2 Å². The normalized spacial score (nSPS) is 12.9. The van der Waals surface area contributed by atoms with E-state index in [1.54, 1.807) is 20.8 Å². The molecule has 0 aliphatic heterocycles. The topological polar surface area (TPSA) is 69.4 Å². The Labute approximate surface area is 124 Å². The van der Waals surface area contributed by atoms with Crippen molar-refractivity contribution in [1.29, 1.82) is 0 Å². The summed E-state index contributed by atoms with van der Waals surface area (Å²) < 4.78 is 5.42. The van der Waals surface area contributed by atoms with Gasteiger partial charge in [-0.15, -0.1) is 11.6 Å². The van der Waals surface area contributed by atoms with Crippen LogP contribution in [0.15, 0.2) is 22.7 Å². The van der Waals surface area contributed by atoms with Crippen molar-refractivity contribution in [3.63, 3.8) is 0 Å². The lowest BCUT2D eigenvalue weighted by molar-refractivity contribution is -0.385. The predicted molar refractivity (Wildman–Crippen MR) is 75.2 cm³/mol. The molecule has 1 aromatic rings. The smallest absolute Gasteiger partial charge is 0.329 e. The minimum atomic E-state index is -1.00. The number of carbonyl (C=O) groups excluding carboxylic acids is 1. The maximum Gasteiger partial charge on any atom is 0.329 e. The van der Waals surface area contributed by atoms with Crippen LogP contribution in [0.5, 0.6) is 0 Å². The first-order valence-corrected chi connectivity index (χ1v) is 6.65. The van der Waals surface area contributed by atoms with Crippen LogP contribution in [-0.4, -0.2) is 16.5 Å². The highest BCUT2D eigenvalue weighted by atomic mass is 79.9. The van der Waals surface area contributed by atoms with Crippen molar-refractivity contribution < 1.29 is 14.5 Å². The van der Waals surface area contributed by atoms with Gasteiger partial charge in [0.25, 0.3) is 5.69 Å². The highest BCUT2D eigenvalue weighted by molar-refractivity contribution is 9.10. The summed E-state index contributed by atoms with van der Waals surface area (Å²) in [5, 5.41) is 9.67. The van der Waals surface area contributed by atoms with Crippen molar-refractivity contribution in [3.8, 4) is 0 Å². The fourth-order valence-corrected chi connectivity index (χ4v) is 2.04. The summed E-state index contributed by atoms with van der Waals surface area (Å²) in [7, 11) is 0. The fraction of sp³-hybridized carbons (Fsp3) is 0.417. The molecule has 0 N–H and O–H groups in total. The molecule has 104 valence electrons. The number of nitro benzene ring substituents is 1. The highest BCUT2D eigenvalue weighted by Crippen LogP contribution is 2.31. The number of hydrogen-bond donors (Lipinski definition) is 0. The number of nitro groups is 1. The van der Waals surface area contributed by atoms with Gasteiger partial charge < -0.3 is 4.74 Å². The number of ether oxygens (including phenoxy) is 1. The number of rotatable bonds is 3. The van der Waals surface area contributed by atoms with Gasteiger partial charge in [-0.1, -0.05) is 6.07 Å². The molecule has 0 bridgehead atoms. The lowest BCUT2D eigenvalue weighted by Gasteiger charge is -2.21. The van der Waals surface area contributed by atoms with Gasteiger partial charge in [0.1, 0.15) is 5.60 Å². The summed E-state index contributed by atoms with van der Waals surface area (Å²) in [6.45, 7) is 5.21. The van der Waals surface area contributed by atoms with E-state index < -0.39 is 21.9 Å². The van der Waals surface area contributed by atoms with Crippen molar-refractivity contribution in [2.45, 2.75) is 31.7 Å². The molecule has 1 atom stereocenters. The molecule has 1 unspecified atom stereocenters. The third kappa shape index (κ3) is 4.47. The van der Waals surface area contributed by atoms with E-state index >= 15 is 0 Å². The number of carbonyl (C=O) groups is 1. The van der Waals surface area contributed by atoms with Gasteiger partial charge in [0.2, 0.25) is 0 Å². The number of halogens is 2. The molecule has 5 nitrogen and oxygen atoms in total. The quantitative estimate of drug-likeness (QED) is 0.358. The Bertz CT molecular complexity index is 513. The number of benzene rings is 1. The van der Waals surface area contributed by atoms with E-state index in [1.807, 2.05) is 0 Å². The van der Waals surface area contributed by atoms with Gasteiger partial charge in [0.05, 0.1) is 9.40 Å². The average Bonchev–Trinajstić information content (AvgIpc) is 2.24. The van der Waals surface area contributed by atoms with Crippen molar-refractivity contribution in [1.82, 2.24) is 0 Å². The minimum absolute atomic E-state index is 0.0863. The van der Waals surface area contributed by atoms with Crippen LogP contribution < -0.4 is 0 Å². The van der Waals surface area contributed by atoms with Crippen LogP contribution in [0.25, 0.3) is 0 Å². The van der Waals surface area contributed by atoms with E-state index in [4.69, 9.17) is 16.3 Å². The Kier molecular flexibility index (Phi) is 4.92. The first kappa shape index (κ1) is 15.9. The monoisotopic (exact) mass is 349 g/mol. The fourth-order valence-electron chi connectivity index (χ4n) is 1.32. The van der Waals surface area contributed by atoms with Crippen LogP contribution in [0.4, 0.5) is 5.69 Å². The first-order valence-electron chi connectivity index (χ1n) is 5.42. The molecule has 7 heteroatoms. The zero-order valence-corrected chi connectivity index (χ0v) is 13.0. The van der Waals surface area contributed by atoms with Gasteiger partial charge in [-0.25, -0.2) is 0 Å². The summed E-state index contributed by atoms with van der Waals surface area (Å²) in [4.78, 5) is 21.9. The van der Waals surface area contributed by atoms with E-state index in [0.717, 1.165) is 0 Å². The lowest BCUT2D eigenvalue weighted by atomic mass is 10.1. The third-order valence-corrected chi connectivity index (χ3v) is 3.14. The van der Waals surface area contributed by atoms with Gasteiger partial charge in [0.15, 0.2) is 5.38 Å². The van der Waals surface area contributed by atoms with E-state index in [9.17, 15) is 14.9 Å². The third-order valence-electron chi connectivity index (χ3n) is 2.07. The second-order valence-electron chi connectivity index (χ2n) is 4.86. The zero-order chi connectivity index (χ0) is 14.8. The van der Waals surface area contributed by atoms with Crippen LogP contribution in [-0.2, 0) is 9.53 Å². The van der Waals surface area contributed by atoms with Gasteiger partial charge in [-0.2, -0.15) is 0 Å². The second-order valence-corrected chi connectivity index (χ2v) is 6.15. The van der Waals surface area contributed by atoms with Crippen molar-refractivity contribution in [3.05, 3.63) is 38.3 Å². The highest BCUT2D eigenvalue weighted by Gasteiger charge is 2.26. The lowest BCUT2D eigenvalue weighted by Crippen LogP contribution is -2.26. The molecule has 0 spiro atoms. The summed E-state index contributed by atoms with van der Waals surface area (Å²) in [5.41, 5.74) is -0.285. The van der Waals surface area contributed by atoms with Crippen molar-refractivity contribution in [2.75, 3.05) is 0 Å². The first-order chi connectivity index (χ1) is 8.61. The molecular formula is C12H13BrClNO4. The molecule has 1 rings (SSSR count). The molecule has 1 aromatic carbocycles. The molecule has 0 radical (unpaired) electrons. The van der Waals surface area contributed by atoms with Gasteiger partial charge >= 0.3 is 5.97 Å². The van der Waals surface area contributed by atoms with Crippen molar-refractivity contribution in [2.24, 2.45) is 0 Å². The van der Waals surface area contributed by atoms with Crippen LogP contribution in [0.2, 0.25) is 0 Å². The number of alkyl halides is 1. The predicted octanol–water partition coefficient (Wildman–Crippen LogP) is 3.98. The molecule has 0 saturated heterocycles. The van der Waals surface area contributed by atoms with E-state index in [2.05, 4.69) is 15.9 Å². The van der Waals surface area contributed by atoms with Crippen LogP contribution in [0.3, 0.4) is 0 Å². The molecule has 0 aliphatic rings. The number of esters is 1. The maximum atomic E-state index is 11.8. The van der Waals surface area contributed by atoms with Crippen molar-refractivity contribution >= 4 is 39.2 Å². The molecule has 0 aliphatic carbocycles. The molecular weight excluding hydrogens is 337 g/mol. The summed E-state index contributed by atoms with van der Waals surface area (Å²) in [6.07, 6.45) is 0. The van der Waals surface area contributed by atoms with Crippen LogP contribution in [0, 0.1) is 10.1 Å². The zero-order valence-electron chi connectivity index (χ0n) is 10.6. The summed E-state index contributed by atoms with van der Waals surface area (Å²) >= 11 is 9.08. The summed E-state index contributed by atoms with van der Waals surface area (Å²) in [6, 6.07) is 4.17. The maximum absolute atomic E-state index is 11.8. The van der Waals surface area contributed by atoms with Gasteiger partial charge in [-0.3, -0.25) is 14.9 Å². The molecule has 0 fully saturated rings. The second kappa shape index (κ2) is 5.88. The van der Waals surface area contributed by atoms with Crippen LogP contribution in [0.1, 0.15) is 31.7 Å². The minimum Gasteiger partial charge on any atom is -0.459 e. The number of nitrogens with zero attached hydrogens (tertiary/aromatic N) is 1. The molecule has 0 aromatic heterocycles. The molecule has 0 saturated carbocycles.